The first-order valence-corrected chi connectivity index (χ1v) is 5.57. The van der Waals surface area contributed by atoms with Crippen LogP contribution in [0.25, 0.3) is 0 Å². The Bertz CT molecular complexity index is 372. The molecule has 0 aliphatic heterocycles. The van der Waals surface area contributed by atoms with Crippen molar-refractivity contribution in [3.05, 3.63) is 33.5 Å². The monoisotopic (exact) mass is 258 g/mol. The maximum absolute atomic E-state index is 13.5. The fourth-order valence-corrected chi connectivity index (χ4v) is 2.08. The first kappa shape index (κ1) is 10.1. The first-order chi connectivity index (χ1) is 6.57. The van der Waals surface area contributed by atoms with Crippen LogP contribution in [0.5, 0.6) is 0 Å². The summed E-state index contributed by atoms with van der Waals surface area (Å²) in [7, 11) is 0. The van der Waals surface area contributed by atoms with Crippen LogP contribution in [0.3, 0.4) is 0 Å². The summed E-state index contributed by atoms with van der Waals surface area (Å²) in [6, 6.07) is 3.45. The van der Waals surface area contributed by atoms with Crippen LogP contribution >= 0.6 is 15.9 Å². The highest BCUT2D eigenvalue weighted by Crippen LogP contribution is 2.46. The Morgan fingerprint density at radius 2 is 2.14 bits per heavy atom. The van der Waals surface area contributed by atoms with Gasteiger partial charge in [0.1, 0.15) is 5.82 Å². The van der Waals surface area contributed by atoms with E-state index in [1.807, 2.05) is 6.92 Å². The van der Waals surface area contributed by atoms with Gasteiger partial charge in [-0.3, -0.25) is 0 Å². The summed E-state index contributed by atoms with van der Waals surface area (Å²) in [6.45, 7) is 1.91. The molecule has 0 spiro atoms. The molecule has 0 atom stereocenters. The molecular weight excluding hydrogens is 247 g/mol. The van der Waals surface area contributed by atoms with Crippen LogP contribution < -0.4 is 0 Å². The fourth-order valence-electron chi connectivity index (χ4n) is 1.58. The van der Waals surface area contributed by atoms with Crippen LogP contribution in [0.2, 0.25) is 0 Å². The predicted molar refractivity (Wildman–Crippen MR) is 56.6 cm³/mol. The molecule has 0 radical (unpaired) electrons. The van der Waals surface area contributed by atoms with Crippen molar-refractivity contribution in [2.24, 2.45) is 0 Å². The Morgan fingerprint density at radius 1 is 1.50 bits per heavy atom. The second-order valence-corrected chi connectivity index (χ2v) is 4.67. The number of rotatable bonds is 2. The molecule has 0 amide bonds. The van der Waals surface area contributed by atoms with Crippen molar-refractivity contribution in [2.45, 2.75) is 31.8 Å². The minimum atomic E-state index is -0.680. The summed E-state index contributed by atoms with van der Waals surface area (Å²) in [6.07, 6.45) is 2.22. The van der Waals surface area contributed by atoms with Gasteiger partial charge in [0.05, 0.1) is 10.1 Å². The highest BCUT2D eigenvalue weighted by Gasteiger charge is 2.42. The molecule has 1 aliphatic rings. The molecule has 14 heavy (non-hydrogen) atoms. The van der Waals surface area contributed by atoms with Crippen LogP contribution in [0.15, 0.2) is 16.6 Å². The van der Waals surface area contributed by atoms with Crippen molar-refractivity contribution >= 4 is 15.9 Å². The summed E-state index contributed by atoms with van der Waals surface area (Å²) < 4.78 is 13.9. The standard InChI is InChI=1S/C11H12BrFO/c1-2-7-5-8(11(14)3-4-11)6-9(12)10(7)13/h5-6,14H,2-4H2,1H3. The van der Waals surface area contributed by atoms with Gasteiger partial charge in [0.2, 0.25) is 0 Å². The lowest BCUT2D eigenvalue weighted by molar-refractivity contribution is 0.151. The van der Waals surface area contributed by atoms with Gasteiger partial charge >= 0.3 is 0 Å². The second-order valence-electron chi connectivity index (χ2n) is 3.82. The summed E-state index contributed by atoms with van der Waals surface area (Å²) in [5, 5.41) is 9.89. The van der Waals surface area contributed by atoms with E-state index < -0.39 is 5.60 Å². The Hall–Kier alpha value is -0.410. The molecule has 0 saturated heterocycles. The van der Waals surface area contributed by atoms with Crippen LogP contribution in [-0.2, 0) is 12.0 Å². The summed E-state index contributed by atoms with van der Waals surface area (Å²) >= 11 is 3.17. The number of hydrogen-bond donors (Lipinski definition) is 1. The largest absolute Gasteiger partial charge is 0.385 e. The third-order valence-corrected chi connectivity index (χ3v) is 3.32. The van der Waals surface area contributed by atoms with E-state index in [1.54, 1.807) is 12.1 Å². The molecular formula is C11H12BrFO. The Balaban J connectivity index is 2.48. The van der Waals surface area contributed by atoms with Gasteiger partial charge < -0.3 is 5.11 Å². The van der Waals surface area contributed by atoms with Crippen molar-refractivity contribution in [1.82, 2.24) is 0 Å². The lowest BCUT2D eigenvalue weighted by Crippen LogP contribution is -2.06. The van der Waals surface area contributed by atoms with Gasteiger partial charge in [0.15, 0.2) is 0 Å². The van der Waals surface area contributed by atoms with E-state index in [9.17, 15) is 9.50 Å². The third-order valence-electron chi connectivity index (χ3n) is 2.75. The number of benzene rings is 1. The average molecular weight is 259 g/mol. The molecule has 1 N–H and O–H groups in total. The zero-order valence-corrected chi connectivity index (χ0v) is 9.57. The van der Waals surface area contributed by atoms with Crippen LogP contribution in [0.1, 0.15) is 30.9 Å². The molecule has 3 heteroatoms. The highest BCUT2D eigenvalue weighted by molar-refractivity contribution is 9.10. The zero-order valence-electron chi connectivity index (χ0n) is 7.98. The van der Waals surface area contributed by atoms with Crippen molar-refractivity contribution in [3.8, 4) is 0 Å². The van der Waals surface area contributed by atoms with Crippen molar-refractivity contribution in [1.29, 1.82) is 0 Å². The molecule has 0 aromatic heterocycles. The molecule has 76 valence electrons. The molecule has 1 aliphatic carbocycles. The van der Waals surface area contributed by atoms with Gasteiger partial charge in [-0.1, -0.05) is 6.92 Å². The van der Waals surface area contributed by atoms with Crippen molar-refractivity contribution < 1.29 is 9.50 Å². The molecule has 0 heterocycles. The van der Waals surface area contributed by atoms with Crippen molar-refractivity contribution in [2.75, 3.05) is 0 Å². The quantitative estimate of drug-likeness (QED) is 0.865. The van der Waals surface area contributed by atoms with Gasteiger partial charge in [-0.15, -0.1) is 0 Å². The third kappa shape index (κ3) is 1.59. The normalized spacial score (nSPS) is 18.3. The van der Waals surface area contributed by atoms with E-state index in [1.165, 1.54) is 0 Å². The smallest absolute Gasteiger partial charge is 0.140 e. The van der Waals surface area contributed by atoms with E-state index in [0.29, 0.717) is 16.5 Å². The topological polar surface area (TPSA) is 20.2 Å². The van der Waals surface area contributed by atoms with Crippen LogP contribution in [0, 0.1) is 5.82 Å². The Labute approximate surface area is 91.1 Å². The molecule has 1 aromatic rings. The summed E-state index contributed by atoms with van der Waals surface area (Å²) in [4.78, 5) is 0. The van der Waals surface area contributed by atoms with E-state index in [4.69, 9.17) is 0 Å². The van der Waals surface area contributed by atoms with Gasteiger partial charge in [-0.25, -0.2) is 4.39 Å². The minimum Gasteiger partial charge on any atom is -0.385 e. The minimum absolute atomic E-state index is 0.208. The number of aryl methyl sites for hydroxylation is 1. The van der Waals surface area contributed by atoms with Crippen LogP contribution in [-0.4, -0.2) is 5.11 Å². The fraction of sp³-hybridized carbons (Fsp3) is 0.455. The maximum atomic E-state index is 13.5. The Kier molecular flexibility index (Phi) is 2.40. The number of halogens is 2. The molecule has 0 unspecified atom stereocenters. The second kappa shape index (κ2) is 3.31. The summed E-state index contributed by atoms with van der Waals surface area (Å²) in [5.41, 5.74) is 0.817. The number of aliphatic hydroxyl groups is 1. The lowest BCUT2D eigenvalue weighted by Gasteiger charge is -2.11. The SMILES string of the molecule is CCc1cc(C2(O)CC2)cc(Br)c1F. The highest BCUT2D eigenvalue weighted by atomic mass is 79.9. The average Bonchev–Trinajstić information content (AvgIpc) is 2.89. The van der Waals surface area contributed by atoms with E-state index >= 15 is 0 Å². The maximum Gasteiger partial charge on any atom is 0.140 e. The van der Waals surface area contributed by atoms with Crippen molar-refractivity contribution in [3.63, 3.8) is 0 Å². The molecule has 2 rings (SSSR count). The van der Waals surface area contributed by atoms with E-state index in [2.05, 4.69) is 15.9 Å². The first-order valence-electron chi connectivity index (χ1n) is 4.77. The Morgan fingerprint density at radius 3 is 2.64 bits per heavy atom. The molecule has 1 nitrogen and oxygen atoms in total. The summed E-state index contributed by atoms with van der Waals surface area (Å²) in [5.74, 6) is -0.208. The van der Waals surface area contributed by atoms with Crippen LogP contribution in [0.4, 0.5) is 4.39 Å². The van der Waals surface area contributed by atoms with E-state index in [-0.39, 0.29) is 5.82 Å². The molecule has 1 aromatic carbocycles. The van der Waals surface area contributed by atoms with Gasteiger partial charge in [-0.2, -0.15) is 0 Å². The number of hydrogen-bond acceptors (Lipinski definition) is 1. The molecule has 1 saturated carbocycles. The lowest BCUT2D eigenvalue weighted by atomic mass is 10.0. The van der Waals surface area contributed by atoms with Gasteiger partial charge in [-0.05, 0) is 58.5 Å². The van der Waals surface area contributed by atoms with Gasteiger partial charge in [0.25, 0.3) is 0 Å². The molecule has 0 bridgehead atoms. The van der Waals surface area contributed by atoms with Gasteiger partial charge in [0, 0.05) is 0 Å². The molecule has 1 fully saturated rings. The zero-order chi connectivity index (χ0) is 10.3. The predicted octanol–water partition coefficient (Wildman–Crippen LogP) is 3.13. The van der Waals surface area contributed by atoms with E-state index in [0.717, 1.165) is 18.4 Å².